The van der Waals surface area contributed by atoms with Crippen molar-refractivity contribution in [2.75, 3.05) is 26.0 Å². The Labute approximate surface area is 103 Å². The van der Waals surface area contributed by atoms with Gasteiger partial charge in [-0.25, -0.2) is 0 Å². The second kappa shape index (κ2) is 6.50. The number of carbonyl (C=O) groups is 1. The molecule has 0 aliphatic rings. The average Bonchev–Trinajstić information content (AvgIpc) is 2.27. The van der Waals surface area contributed by atoms with Gasteiger partial charge in [0.15, 0.2) is 0 Å². The van der Waals surface area contributed by atoms with Crippen molar-refractivity contribution in [1.82, 2.24) is 5.32 Å². The lowest BCUT2D eigenvalue weighted by molar-refractivity contribution is 0.0949. The third-order valence-corrected chi connectivity index (χ3v) is 2.56. The van der Waals surface area contributed by atoms with Gasteiger partial charge in [-0.05, 0) is 24.6 Å². The van der Waals surface area contributed by atoms with E-state index in [1.807, 2.05) is 0 Å². The van der Waals surface area contributed by atoms with Crippen LogP contribution in [0.5, 0.6) is 0 Å². The molecule has 0 aliphatic heterocycles. The van der Waals surface area contributed by atoms with E-state index in [4.69, 9.17) is 10.5 Å². The molecule has 0 fully saturated rings. The van der Waals surface area contributed by atoms with Crippen LogP contribution in [0.2, 0.25) is 0 Å². The molecule has 1 rings (SSSR count). The summed E-state index contributed by atoms with van der Waals surface area (Å²) in [5.74, 6) is -0.157. The van der Waals surface area contributed by atoms with Gasteiger partial charge < -0.3 is 15.8 Å². The third kappa shape index (κ3) is 3.83. The summed E-state index contributed by atoms with van der Waals surface area (Å²) in [4.78, 5) is 11.7. The molecule has 0 heterocycles. The van der Waals surface area contributed by atoms with E-state index in [1.54, 1.807) is 25.3 Å². The minimum Gasteiger partial charge on any atom is -0.398 e. The fraction of sp³-hybridized carbons (Fsp3) is 0.364. The summed E-state index contributed by atoms with van der Waals surface area (Å²) < 4.78 is 5.73. The van der Waals surface area contributed by atoms with Gasteiger partial charge in [0.1, 0.15) is 0 Å². The van der Waals surface area contributed by atoms with Crippen molar-refractivity contribution in [2.45, 2.75) is 6.42 Å². The summed E-state index contributed by atoms with van der Waals surface area (Å²) in [6.45, 7) is 1.22. The molecule has 0 unspecified atom stereocenters. The second-order valence-corrected chi connectivity index (χ2v) is 4.25. The number of methoxy groups -OCH3 is 1. The van der Waals surface area contributed by atoms with Crippen LogP contribution in [0.4, 0.5) is 5.69 Å². The smallest absolute Gasteiger partial charge is 0.253 e. The Kier molecular flexibility index (Phi) is 5.28. The van der Waals surface area contributed by atoms with Gasteiger partial charge in [0.2, 0.25) is 0 Å². The molecule has 0 aromatic heterocycles. The van der Waals surface area contributed by atoms with Crippen molar-refractivity contribution < 1.29 is 9.53 Å². The van der Waals surface area contributed by atoms with Crippen molar-refractivity contribution >= 4 is 27.5 Å². The zero-order chi connectivity index (χ0) is 12.0. The zero-order valence-electron chi connectivity index (χ0n) is 9.13. The first kappa shape index (κ1) is 13.0. The molecule has 0 saturated heterocycles. The van der Waals surface area contributed by atoms with E-state index in [9.17, 15) is 4.79 Å². The molecule has 4 nitrogen and oxygen atoms in total. The monoisotopic (exact) mass is 286 g/mol. The molecule has 1 amide bonds. The molecule has 1 aromatic rings. The summed E-state index contributed by atoms with van der Waals surface area (Å²) in [6, 6.07) is 5.21. The molecule has 0 spiro atoms. The number of nitrogens with two attached hydrogens (primary N) is 1. The summed E-state index contributed by atoms with van der Waals surface area (Å²) >= 11 is 3.30. The largest absolute Gasteiger partial charge is 0.398 e. The number of ether oxygens (including phenoxy) is 1. The summed E-state index contributed by atoms with van der Waals surface area (Å²) in [6.07, 6.45) is 0.788. The van der Waals surface area contributed by atoms with Gasteiger partial charge in [-0.15, -0.1) is 0 Å². The van der Waals surface area contributed by atoms with Crippen LogP contribution in [0.15, 0.2) is 22.7 Å². The van der Waals surface area contributed by atoms with E-state index < -0.39 is 0 Å². The maximum absolute atomic E-state index is 11.7. The predicted octanol–water partition coefficient (Wildman–Crippen LogP) is 1.80. The van der Waals surface area contributed by atoms with Crippen LogP contribution in [0.1, 0.15) is 16.8 Å². The Morgan fingerprint density at radius 2 is 2.31 bits per heavy atom. The molecular formula is C11H15BrN2O2. The Hall–Kier alpha value is -1.07. The van der Waals surface area contributed by atoms with E-state index in [0.717, 1.165) is 10.9 Å². The lowest BCUT2D eigenvalue weighted by Crippen LogP contribution is -2.26. The van der Waals surface area contributed by atoms with E-state index in [1.165, 1.54) is 0 Å². The maximum Gasteiger partial charge on any atom is 0.253 e. The van der Waals surface area contributed by atoms with Crippen molar-refractivity contribution in [3.05, 3.63) is 28.2 Å². The van der Waals surface area contributed by atoms with E-state index in [2.05, 4.69) is 21.2 Å². The molecular weight excluding hydrogens is 272 g/mol. The van der Waals surface area contributed by atoms with Gasteiger partial charge in [0, 0.05) is 30.4 Å². The average molecular weight is 287 g/mol. The SMILES string of the molecule is COCCCNC(=O)c1cc(Br)ccc1N. The summed E-state index contributed by atoms with van der Waals surface area (Å²) in [5, 5.41) is 2.78. The van der Waals surface area contributed by atoms with Crippen LogP contribution in [0.25, 0.3) is 0 Å². The number of nitrogens with one attached hydrogen (secondary N) is 1. The number of amides is 1. The van der Waals surface area contributed by atoms with Crippen molar-refractivity contribution in [2.24, 2.45) is 0 Å². The van der Waals surface area contributed by atoms with Gasteiger partial charge in [-0.2, -0.15) is 0 Å². The quantitative estimate of drug-likeness (QED) is 0.641. The van der Waals surface area contributed by atoms with Crippen LogP contribution in [-0.2, 0) is 4.74 Å². The first-order valence-corrected chi connectivity index (χ1v) is 5.76. The second-order valence-electron chi connectivity index (χ2n) is 3.33. The molecule has 0 saturated carbocycles. The summed E-state index contributed by atoms with van der Waals surface area (Å²) in [7, 11) is 1.63. The van der Waals surface area contributed by atoms with Crippen LogP contribution in [-0.4, -0.2) is 26.2 Å². The molecule has 88 valence electrons. The standard InChI is InChI=1S/C11H15BrN2O2/c1-16-6-2-5-14-11(15)9-7-8(12)3-4-10(9)13/h3-4,7H,2,5-6,13H2,1H3,(H,14,15). The molecule has 0 bridgehead atoms. The first-order valence-electron chi connectivity index (χ1n) is 4.97. The number of rotatable bonds is 5. The van der Waals surface area contributed by atoms with Crippen LogP contribution in [0, 0.1) is 0 Å². The number of hydrogen-bond donors (Lipinski definition) is 2. The van der Waals surface area contributed by atoms with E-state index in [0.29, 0.717) is 24.4 Å². The van der Waals surface area contributed by atoms with Crippen LogP contribution >= 0.6 is 15.9 Å². The highest BCUT2D eigenvalue weighted by Crippen LogP contribution is 2.18. The van der Waals surface area contributed by atoms with Gasteiger partial charge in [0.05, 0.1) is 5.56 Å². The van der Waals surface area contributed by atoms with Gasteiger partial charge in [-0.3, -0.25) is 4.79 Å². The molecule has 3 N–H and O–H groups in total. The number of carbonyl (C=O) groups excluding carboxylic acids is 1. The molecule has 0 radical (unpaired) electrons. The number of nitrogen functional groups attached to an aromatic ring is 1. The predicted molar refractivity (Wildman–Crippen MR) is 67.4 cm³/mol. The number of anilines is 1. The van der Waals surface area contributed by atoms with Crippen molar-refractivity contribution in [1.29, 1.82) is 0 Å². The highest BCUT2D eigenvalue weighted by atomic mass is 79.9. The van der Waals surface area contributed by atoms with Crippen LogP contribution in [0.3, 0.4) is 0 Å². The van der Waals surface area contributed by atoms with Crippen LogP contribution < -0.4 is 11.1 Å². The number of hydrogen-bond acceptors (Lipinski definition) is 3. The lowest BCUT2D eigenvalue weighted by atomic mass is 10.1. The van der Waals surface area contributed by atoms with Gasteiger partial charge in [0.25, 0.3) is 5.91 Å². The molecule has 1 aromatic carbocycles. The highest BCUT2D eigenvalue weighted by molar-refractivity contribution is 9.10. The van der Waals surface area contributed by atoms with E-state index >= 15 is 0 Å². The first-order chi connectivity index (χ1) is 7.65. The normalized spacial score (nSPS) is 10.1. The van der Waals surface area contributed by atoms with Crippen molar-refractivity contribution in [3.8, 4) is 0 Å². The molecule has 5 heteroatoms. The molecule has 16 heavy (non-hydrogen) atoms. The summed E-state index contributed by atoms with van der Waals surface area (Å²) in [5.41, 5.74) is 6.69. The fourth-order valence-electron chi connectivity index (χ4n) is 1.24. The Balaban J connectivity index is 2.55. The lowest BCUT2D eigenvalue weighted by Gasteiger charge is -2.07. The topological polar surface area (TPSA) is 64.3 Å². The minimum atomic E-state index is -0.157. The Bertz CT molecular complexity index is 369. The van der Waals surface area contributed by atoms with Gasteiger partial charge >= 0.3 is 0 Å². The Morgan fingerprint density at radius 3 is 3.00 bits per heavy atom. The molecule has 0 aliphatic carbocycles. The third-order valence-electron chi connectivity index (χ3n) is 2.07. The minimum absolute atomic E-state index is 0.157. The zero-order valence-corrected chi connectivity index (χ0v) is 10.7. The number of benzene rings is 1. The van der Waals surface area contributed by atoms with Gasteiger partial charge in [-0.1, -0.05) is 15.9 Å². The number of halogens is 1. The van der Waals surface area contributed by atoms with E-state index in [-0.39, 0.29) is 5.91 Å². The highest BCUT2D eigenvalue weighted by Gasteiger charge is 2.09. The Morgan fingerprint density at radius 1 is 1.56 bits per heavy atom. The fourth-order valence-corrected chi connectivity index (χ4v) is 1.60. The maximum atomic E-state index is 11.7. The molecule has 0 atom stereocenters. The van der Waals surface area contributed by atoms with Crippen molar-refractivity contribution in [3.63, 3.8) is 0 Å².